The first-order chi connectivity index (χ1) is 8.39. The van der Waals surface area contributed by atoms with Gasteiger partial charge in [0.1, 0.15) is 9.26 Å². The van der Waals surface area contributed by atoms with E-state index in [4.69, 9.17) is 0 Å². The second-order valence-electron chi connectivity index (χ2n) is 4.92. The molecule has 2 aromatic heterocycles. The molecule has 94 valence electrons. The van der Waals surface area contributed by atoms with E-state index in [1.807, 2.05) is 43.4 Å². The predicted octanol–water partition coefficient (Wildman–Crippen LogP) is 2.13. The molecule has 0 spiro atoms. The summed E-state index contributed by atoms with van der Waals surface area (Å²) in [5.74, 6) is 0.457. The van der Waals surface area contributed by atoms with Gasteiger partial charge in [0, 0.05) is 17.8 Å². The van der Waals surface area contributed by atoms with Crippen molar-refractivity contribution in [2.75, 3.05) is 0 Å². The Morgan fingerprint density at radius 2 is 2.00 bits per heavy atom. The van der Waals surface area contributed by atoms with Crippen LogP contribution in [-0.2, 0) is 5.41 Å². The maximum absolute atomic E-state index is 11.9. The van der Waals surface area contributed by atoms with E-state index in [-0.39, 0.29) is 11.0 Å². The standard InChI is InChI=1S/C12H13IN4O/c1-12(2,3)9-8(13)11(18)17-10(16-9)7-6-14-4-5-15-7/h4-6H,1-3H3,(H,16,17,18). The Morgan fingerprint density at radius 1 is 1.28 bits per heavy atom. The SMILES string of the molecule is CC(C)(C)c1nc(-c2cnccn2)[nH]c(=O)c1I. The number of aromatic nitrogens is 4. The molecule has 0 saturated heterocycles. The Morgan fingerprint density at radius 3 is 2.56 bits per heavy atom. The van der Waals surface area contributed by atoms with Crippen LogP contribution in [0.4, 0.5) is 0 Å². The molecule has 5 nitrogen and oxygen atoms in total. The van der Waals surface area contributed by atoms with Gasteiger partial charge in [0.2, 0.25) is 0 Å². The molecular formula is C12H13IN4O. The van der Waals surface area contributed by atoms with Crippen molar-refractivity contribution in [3.63, 3.8) is 0 Å². The van der Waals surface area contributed by atoms with E-state index in [9.17, 15) is 4.79 Å². The molecule has 2 aromatic rings. The van der Waals surface area contributed by atoms with E-state index < -0.39 is 0 Å². The fourth-order valence-electron chi connectivity index (χ4n) is 1.50. The normalized spacial score (nSPS) is 11.6. The van der Waals surface area contributed by atoms with Crippen LogP contribution in [0.25, 0.3) is 11.5 Å². The molecule has 0 aliphatic heterocycles. The van der Waals surface area contributed by atoms with E-state index in [0.29, 0.717) is 15.1 Å². The fraction of sp³-hybridized carbons (Fsp3) is 0.333. The summed E-state index contributed by atoms with van der Waals surface area (Å²) in [6.07, 6.45) is 4.74. The Labute approximate surface area is 118 Å². The maximum Gasteiger partial charge on any atom is 0.264 e. The van der Waals surface area contributed by atoms with E-state index in [0.717, 1.165) is 5.69 Å². The number of hydrogen-bond acceptors (Lipinski definition) is 4. The lowest BCUT2D eigenvalue weighted by Crippen LogP contribution is -2.24. The second kappa shape index (κ2) is 4.75. The van der Waals surface area contributed by atoms with Gasteiger partial charge in [-0.25, -0.2) is 9.97 Å². The molecule has 0 bridgehead atoms. The lowest BCUT2D eigenvalue weighted by molar-refractivity contribution is 0.562. The van der Waals surface area contributed by atoms with Crippen molar-refractivity contribution in [3.8, 4) is 11.5 Å². The van der Waals surface area contributed by atoms with Crippen LogP contribution >= 0.6 is 22.6 Å². The number of halogens is 1. The molecule has 0 atom stereocenters. The zero-order valence-corrected chi connectivity index (χ0v) is 12.5. The molecule has 6 heteroatoms. The van der Waals surface area contributed by atoms with Crippen molar-refractivity contribution in [2.24, 2.45) is 0 Å². The third-order valence-electron chi connectivity index (χ3n) is 2.38. The summed E-state index contributed by atoms with van der Waals surface area (Å²) in [4.78, 5) is 27.3. The van der Waals surface area contributed by atoms with Gasteiger partial charge >= 0.3 is 0 Å². The first-order valence-electron chi connectivity index (χ1n) is 5.46. The first kappa shape index (κ1) is 13.1. The van der Waals surface area contributed by atoms with Gasteiger partial charge in [-0.2, -0.15) is 0 Å². The van der Waals surface area contributed by atoms with Crippen molar-refractivity contribution in [1.29, 1.82) is 0 Å². The van der Waals surface area contributed by atoms with E-state index in [1.54, 1.807) is 18.6 Å². The summed E-state index contributed by atoms with van der Waals surface area (Å²) in [7, 11) is 0. The van der Waals surface area contributed by atoms with Crippen LogP contribution in [-0.4, -0.2) is 19.9 Å². The van der Waals surface area contributed by atoms with Crippen molar-refractivity contribution in [3.05, 3.63) is 38.2 Å². The van der Waals surface area contributed by atoms with Gasteiger partial charge in [0.15, 0.2) is 5.82 Å². The average molecular weight is 356 g/mol. The van der Waals surface area contributed by atoms with Crippen LogP contribution in [0, 0.1) is 3.57 Å². The van der Waals surface area contributed by atoms with Crippen LogP contribution in [0.15, 0.2) is 23.4 Å². The maximum atomic E-state index is 11.9. The van der Waals surface area contributed by atoms with Crippen LogP contribution in [0.2, 0.25) is 0 Å². The van der Waals surface area contributed by atoms with Crippen LogP contribution in [0.5, 0.6) is 0 Å². The highest BCUT2D eigenvalue weighted by Gasteiger charge is 2.22. The molecule has 0 saturated carbocycles. The number of nitrogens with one attached hydrogen (secondary N) is 1. The van der Waals surface area contributed by atoms with Crippen LogP contribution < -0.4 is 5.56 Å². The van der Waals surface area contributed by atoms with Crippen molar-refractivity contribution in [1.82, 2.24) is 19.9 Å². The molecule has 0 aliphatic rings. The smallest absolute Gasteiger partial charge is 0.264 e. The predicted molar refractivity (Wildman–Crippen MR) is 77.3 cm³/mol. The molecule has 1 N–H and O–H groups in total. The highest BCUT2D eigenvalue weighted by Crippen LogP contribution is 2.24. The van der Waals surface area contributed by atoms with E-state index in [1.165, 1.54) is 0 Å². The molecule has 2 heterocycles. The van der Waals surface area contributed by atoms with Gasteiger partial charge in [0.05, 0.1) is 11.9 Å². The van der Waals surface area contributed by atoms with Crippen molar-refractivity contribution >= 4 is 22.6 Å². The van der Waals surface area contributed by atoms with E-state index >= 15 is 0 Å². The minimum Gasteiger partial charge on any atom is -0.304 e. The molecule has 0 aromatic carbocycles. The fourth-order valence-corrected chi connectivity index (χ4v) is 2.56. The van der Waals surface area contributed by atoms with Gasteiger partial charge in [-0.1, -0.05) is 20.8 Å². The monoisotopic (exact) mass is 356 g/mol. The summed E-state index contributed by atoms with van der Waals surface area (Å²) < 4.78 is 0.618. The molecule has 2 rings (SSSR count). The van der Waals surface area contributed by atoms with Crippen molar-refractivity contribution < 1.29 is 0 Å². The zero-order valence-electron chi connectivity index (χ0n) is 10.4. The molecule has 18 heavy (non-hydrogen) atoms. The Balaban J connectivity index is 2.66. The Hall–Kier alpha value is -1.31. The number of H-pyrrole nitrogens is 1. The summed E-state index contributed by atoms with van der Waals surface area (Å²) >= 11 is 2.02. The molecule has 0 amide bonds. The van der Waals surface area contributed by atoms with Gasteiger partial charge in [-0.15, -0.1) is 0 Å². The molecule has 0 radical (unpaired) electrons. The highest BCUT2D eigenvalue weighted by molar-refractivity contribution is 14.1. The van der Waals surface area contributed by atoms with Gasteiger partial charge < -0.3 is 4.98 Å². The first-order valence-corrected chi connectivity index (χ1v) is 6.54. The van der Waals surface area contributed by atoms with Crippen LogP contribution in [0.3, 0.4) is 0 Å². The minimum absolute atomic E-state index is 0.142. The summed E-state index contributed by atoms with van der Waals surface area (Å²) in [5.41, 5.74) is 1.00. The third-order valence-corrected chi connectivity index (χ3v) is 3.38. The van der Waals surface area contributed by atoms with Gasteiger partial charge in [0.25, 0.3) is 5.56 Å². The Bertz CT molecular complexity index is 616. The molecular weight excluding hydrogens is 343 g/mol. The number of rotatable bonds is 1. The number of hydrogen-bond donors (Lipinski definition) is 1. The quantitative estimate of drug-likeness (QED) is 0.795. The number of nitrogens with zero attached hydrogens (tertiary/aromatic N) is 3. The second-order valence-corrected chi connectivity index (χ2v) is 6.00. The van der Waals surface area contributed by atoms with Gasteiger partial charge in [-0.05, 0) is 22.6 Å². The average Bonchev–Trinajstić information content (AvgIpc) is 2.32. The lowest BCUT2D eigenvalue weighted by atomic mass is 9.92. The minimum atomic E-state index is -0.193. The van der Waals surface area contributed by atoms with E-state index in [2.05, 4.69) is 19.9 Å². The summed E-state index contributed by atoms with van der Waals surface area (Å²) in [6, 6.07) is 0. The van der Waals surface area contributed by atoms with Crippen LogP contribution in [0.1, 0.15) is 26.5 Å². The molecule has 0 fully saturated rings. The highest BCUT2D eigenvalue weighted by atomic mass is 127. The van der Waals surface area contributed by atoms with Crippen molar-refractivity contribution in [2.45, 2.75) is 26.2 Å². The topological polar surface area (TPSA) is 71.5 Å². The largest absolute Gasteiger partial charge is 0.304 e. The zero-order chi connectivity index (χ0) is 13.3. The molecule has 0 aliphatic carbocycles. The van der Waals surface area contributed by atoms with Gasteiger partial charge in [-0.3, -0.25) is 9.78 Å². The summed E-state index contributed by atoms with van der Waals surface area (Å²) in [5, 5.41) is 0. The summed E-state index contributed by atoms with van der Waals surface area (Å²) in [6.45, 7) is 6.08. The lowest BCUT2D eigenvalue weighted by Gasteiger charge is -2.19. The molecule has 0 unspecified atom stereocenters. The third kappa shape index (κ3) is 2.58. The Kier molecular flexibility index (Phi) is 3.47. The number of aromatic amines is 1.